The minimum Gasteiger partial charge on any atom is -0.460 e. The SMILES string of the molecule is C=CC(=O)OCC1OC1CC(F)(F)F. The summed E-state index contributed by atoms with van der Waals surface area (Å²) in [6.07, 6.45) is -5.78. The van der Waals surface area contributed by atoms with Gasteiger partial charge in [0, 0.05) is 6.08 Å². The monoisotopic (exact) mass is 210 g/mol. The lowest BCUT2D eigenvalue weighted by molar-refractivity contribution is -0.138. The second-order valence-electron chi connectivity index (χ2n) is 2.87. The van der Waals surface area contributed by atoms with E-state index in [0.717, 1.165) is 6.08 Å². The number of hydrogen-bond acceptors (Lipinski definition) is 3. The van der Waals surface area contributed by atoms with Gasteiger partial charge in [-0.1, -0.05) is 6.58 Å². The molecule has 0 amide bonds. The average Bonchev–Trinajstić information content (AvgIpc) is 2.76. The van der Waals surface area contributed by atoms with E-state index < -0.39 is 30.8 Å². The molecule has 80 valence electrons. The summed E-state index contributed by atoms with van der Waals surface area (Å²) in [7, 11) is 0. The molecule has 3 nitrogen and oxygen atoms in total. The maximum absolute atomic E-state index is 11.8. The van der Waals surface area contributed by atoms with Gasteiger partial charge in [-0.2, -0.15) is 13.2 Å². The molecule has 6 heteroatoms. The molecule has 0 N–H and O–H groups in total. The van der Waals surface area contributed by atoms with Crippen LogP contribution in [0.3, 0.4) is 0 Å². The second-order valence-corrected chi connectivity index (χ2v) is 2.87. The fourth-order valence-corrected chi connectivity index (χ4v) is 0.957. The molecule has 1 heterocycles. The van der Waals surface area contributed by atoms with Gasteiger partial charge in [-0.3, -0.25) is 0 Å². The molecular formula is C8H9F3O3. The minimum absolute atomic E-state index is 0.147. The molecule has 2 atom stereocenters. The molecule has 0 spiro atoms. The summed E-state index contributed by atoms with van der Waals surface area (Å²) in [6.45, 7) is 2.99. The van der Waals surface area contributed by atoms with Crippen LogP contribution >= 0.6 is 0 Å². The average molecular weight is 210 g/mol. The highest BCUT2D eigenvalue weighted by Crippen LogP contribution is 2.33. The summed E-state index contributed by atoms with van der Waals surface area (Å²) in [5.74, 6) is -0.661. The van der Waals surface area contributed by atoms with Crippen molar-refractivity contribution in [3.8, 4) is 0 Å². The topological polar surface area (TPSA) is 38.8 Å². The lowest BCUT2D eigenvalue weighted by Gasteiger charge is -2.02. The Hall–Kier alpha value is -1.04. The van der Waals surface area contributed by atoms with Gasteiger partial charge in [0.15, 0.2) is 0 Å². The predicted octanol–water partition coefficient (Wildman–Crippen LogP) is 1.44. The van der Waals surface area contributed by atoms with E-state index >= 15 is 0 Å². The Kier molecular flexibility index (Phi) is 3.15. The molecule has 1 saturated heterocycles. The zero-order valence-electron chi connectivity index (χ0n) is 7.21. The molecule has 0 aromatic heterocycles. The van der Waals surface area contributed by atoms with Crippen LogP contribution in [0.1, 0.15) is 6.42 Å². The predicted molar refractivity (Wildman–Crippen MR) is 40.5 cm³/mol. The van der Waals surface area contributed by atoms with Crippen molar-refractivity contribution in [3.05, 3.63) is 12.7 Å². The summed E-state index contributed by atoms with van der Waals surface area (Å²) < 4.78 is 44.5. The lowest BCUT2D eigenvalue weighted by atomic mass is 10.2. The number of carbonyl (C=O) groups is 1. The Bertz CT molecular complexity index is 236. The number of esters is 1. The van der Waals surface area contributed by atoms with Crippen LogP contribution in [0.4, 0.5) is 13.2 Å². The van der Waals surface area contributed by atoms with Gasteiger partial charge in [-0.05, 0) is 0 Å². The Labute approximate surface area is 78.5 Å². The molecule has 0 aromatic carbocycles. The fraction of sp³-hybridized carbons (Fsp3) is 0.625. The maximum atomic E-state index is 11.8. The zero-order valence-corrected chi connectivity index (χ0v) is 7.21. The number of carbonyl (C=O) groups excluding carboxylic acids is 1. The van der Waals surface area contributed by atoms with Crippen LogP contribution < -0.4 is 0 Å². The summed E-state index contributed by atoms with van der Waals surface area (Å²) in [5, 5.41) is 0. The van der Waals surface area contributed by atoms with Gasteiger partial charge < -0.3 is 9.47 Å². The third-order valence-corrected chi connectivity index (χ3v) is 1.68. The van der Waals surface area contributed by atoms with Gasteiger partial charge >= 0.3 is 12.1 Å². The Morgan fingerprint density at radius 3 is 2.64 bits per heavy atom. The lowest BCUT2D eigenvalue weighted by Crippen LogP contribution is -2.15. The Morgan fingerprint density at radius 2 is 2.14 bits per heavy atom. The van der Waals surface area contributed by atoms with Gasteiger partial charge in [0.05, 0.1) is 12.5 Å². The van der Waals surface area contributed by atoms with Crippen LogP contribution in [0.5, 0.6) is 0 Å². The maximum Gasteiger partial charge on any atom is 0.391 e. The van der Waals surface area contributed by atoms with Crippen molar-refractivity contribution in [3.63, 3.8) is 0 Å². The van der Waals surface area contributed by atoms with Crippen molar-refractivity contribution in [1.29, 1.82) is 0 Å². The van der Waals surface area contributed by atoms with Crippen LogP contribution in [-0.2, 0) is 14.3 Å². The molecule has 0 aromatic rings. The number of ether oxygens (including phenoxy) is 2. The van der Waals surface area contributed by atoms with Crippen molar-refractivity contribution in [2.45, 2.75) is 24.8 Å². The van der Waals surface area contributed by atoms with E-state index in [1.807, 2.05) is 0 Å². The second kappa shape index (κ2) is 4.00. The van der Waals surface area contributed by atoms with Crippen LogP contribution in [-0.4, -0.2) is 31.0 Å². The highest BCUT2D eigenvalue weighted by Gasteiger charge is 2.47. The standard InChI is InChI=1S/C8H9F3O3/c1-2-7(12)13-4-6-5(14-6)3-8(9,10)11/h2,5-6H,1,3-4H2. The van der Waals surface area contributed by atoms with E-state index in [1.165, 1.54) is 0 Å². The number of hydrogen-bond donors (Lipinski definition) is 0. The number of epoxide rings is 1. The van der Waals surface area contributed by atoms with E-state index in [0.29, 0.717) is 0 Å². The molecule has 14 heavy (non-hydrogen) atoms. The van der Waals surface area contributed by atoms with E-state index in [1.54, 1.807) is 0 Å². The van der Waals surface area contributed by atoms with Crippen LogP contribution in [0.2, 0.25) is 0 Å². The Balaban J connectivity index is 2.14. The first-order chi connectivity index (χ1) is 6.42. The fourth-order valence-electron chi connectivity index (χ4n) is 0.957. The molecule has 1 aliphatic rings. The van der Waals surface area contributed by atoms with Gasteiger partial charge in [-0.25, -0.2) is 4.79 Å². The third-order valence-electron chi connectivity index (χ3n) is 1.68. The van der Waals surface area contributed by atoms with Crippen LogP contribution in [0.15, 0.2) is 12.7 Å². The van der Waals surface area contributed by atoms with Crippen molar-refractivity contribution in [2.24, 2.45) is 0 Å². The normalized spacial score (nSPS) is 25.6. The molecule has 1 rings (SSSR count). The molecule has 0 saturated carbocycles. The number of alkyl halides is 3. The van der Waals surface area contributed by atoms with E-state index in [9.17, 15) is 18.0 Å². The highest BCUT2D eigenvalue weighted by atomic mass is 19.4. The van der Waals surface area contributed by atoms with Gasteiger partial charge in [0.1, 0.15) is 12.7 Å². The molecule has 0 aliphatic carbocycles. The van der Waals surface area contributed by atoms with Crippen molar-refractivity contribution < 1.29 is 27.4 Å². The first-order valence-electron chi connectivity index (χ1n) is 3.94. The van der Waals surface area contributed by atoms with Crippen LogP contribution in [0, 0.1) is 0 Å². The van der Waals surface area contributed by atoms with E-state index in [2.05, 4.69) is 16.1 Å². The van der Waals surface area contributed by atoms with Crippen molar-refractivity contribution in [2.75, 3.05) is 6.61 Å². The van der Waals surface area contributed by atoms with Gasteiger partial charge in [0.2, 0.25) is 0 Å². The summed E-state index contributed by atoms with van der Waals surface area (Å²) >= 11 is 0. The third kappa shape index (κ3) is 3.78. The number of halogens is 3. The largest absolute Gasteiger partial charge is 0.460 e. The minimum atomic E-state index is -4.23. The van der Waals surface area contributed by atoms with E-state index in [-0.39, 0.29) is 6.61 Å². The summed E-state index contributed by atoms with van der Waals surface area (Å²) in [6, 6.07) is 0. The molecule has 0 radical (unpaired) electrons. The van der Waals surface area contributed by atoms with E-state index in [4.69, 9.17) is 0 Å². The molecule has 2 unspecified atom stereocenters. The Morgan fingerprint density at radius 1 is 1.50 bits per heavy atom. The summed E-state index contributed by atoms with van der Waals surface area (Å²) in [5.41, 5.74) is 0. The first-order valence-corrected chi connectivity index (χ1v) is 3.94. The molecular weight excluding hydrogens is 201 g/mol. The molecule has 0 bridgehead atoms. The molecule has 1 fully saturated rings. The van der Waals surface area contributed by atoms with Crippen LogP contribution in [0.25, 0.3) is 0 Å². The first kappa shape index (κ1) is 11.0. The zero-order chi connectivity index (χ0) is 10.8. The smallest absolute Gasteiger partial charge is 0.391 e. The highest BCUT2D eigenvalue weighted by molar-refractivity contribution is 5.81. The van der Waals surface area contributed by atoms with Crippen molar-refractivity contribution >= 4 is 5.97 Å². The number of rotatable bonds is 4. The van der Waals surface area contributed by atoms with Gasteiger partial charge in [0.25, 0.3) is 0 Å². The van der Waals surface area contributed by atoms with Crippen molar-refractivity contribution in [1.82, 2.24) is 0 Å². The molecule has 1 aliphatic heterocycles. The summed E-state index contributed by atoms with van der Waals surface area (Å²) in [4.78, 5) is 10.5. The van der Waals surface area contributed by atoms with Gasteiger partial charge in [-0.15, -0.1) is 0 Å². The quantitative estimate of drug-likeness (QED) is 0.400.